The van der Waals surface area contributed by atoms with E-state index in [1.165, 1.54) is 16.4 Å². The molecule has 0 saturated carbocycles. The molecule has 1 aliphatic heterocycles. The molecule has 1 amide bonds. The number of sulfonamides is 1. The minimum atomic E-state index is -3.54. The summed E-state index contributed by atoms with van der Waals surface area (Å²) in [5.41, 5.74) is 1.47. The van der Waals surface area contributed by atoms with Gasteiger partial charge in [0, 0.05) is 18.7 Å². The number of hydrogen-bond donors (Lipinski definition) is 1. The number of ether oxygens (including phenoxy) is 1. The van der Waals surface area contributed by atoms with E-state index in [1.807, 2.05) is 38.1 Å². The summed E-state index contributed by atoms with van der Waals surface area (Å²) in [6.07, 6.45) is 1.75. The van der Waals surface area contributed by atoms with Crippen molar-refractivity contribution >= 4 is 15.9 Å². The van der Waals surface area contributed by atoms with Crippen LogP contribution in [0, 0.1) is 6.92 Å². The van der Waals surface area contributed by atoms with Crippen LogP contribution in [0.5, 0.6) is 5.75 Å². The Labute approximate surface area is 166 Å². The van der Waals surface area contributed by atoms with Crippen LogP contribution in [-0.2, 0) is 10.0 Å². The Morgan fingerprint density at radius 1 is 1.14 bits per heavy atom. The monoisotopic (exact) mass is 402 g/mol. The van der Waals surface area contributed by atoms with Crippen molar-refractivity contribution in [3.05, 3.63) is 59.7 Å². The number of carbonyl (C=O) groups excluding carboxylic acids is 1. The van der Waals surface area contributed by atoms with E-state index in [0.717, 1.165) is 24.2 Å². The Hall–Kier alpha value is -2.38. The Balaban J connectivity index is 1.61. The first kappa shape index (κ1) is 20.4. The predicted octanol–water partition coefficient (Wildman–Crippen LogP) is 2.98. The Kier molecular flexibility index (Phi) is 6.36. The summed E-state index contributed by atoms with van der Waals surface area (Å²) in [5.74, 6) is 0.420. The van der Waals surface area contributed by atoms with Gasteiger partial charge in [0.2, 0.25) is 10.0 Å². The molecular weight excluding hydrogens is 376 g/mol. The molecule has 0 spiro atoms. The van der Waals surface area contributed by atoms with Crippen LogP contribution in [0.4, 0.5) is 0 Å². The van der Waals surface area contributed by atoms with E-state index >= 15 is 0 Å². The maximum atomic E-state index is 12.7. The topological polar surface area (TPSA) is 75.7 Å². The predicted molar refractivity (Wildman–Crippen MR) is 108 cm³/mol. The highest BCUT2D eigenvalue weighted by Gasteiger charge is 2.27. The quantitative estimate of drug-likeness (QED) is 0.773. The molecular formula is C21H26N2O4S. The number of rotatable bonds is 7. The second-order valence-electron chi connectivity index (χ2n) is 7.14. The number of carbonyl (C=O) groups is 1. The van der Waals surface area contributed by atoms with Gasteiger partial charge in [-0.3, -0.25) is 4.79 Å². The van der Waals surface area contributed by atoms with Gasteiger partial charge in [-0.25, -0.2) is 8.42 Å². The van der Waals surface area contributed by atoms with Gasteiger partial charge in [0.15, 0.2) is 0 Å². The number of aryl methyl sites for hydroxylation is 1. The zero-order valence-corrected chi connectivity index (χ0v) is 17.0. The molecule has 2 aromatic carbocycles. The third-order valence-electron chi connectivity index (χ3n) is 4.70. The van der Waals surface area contributed by atoms with Gasteiger partial charge in [-0.05, 0) is 57.0 Å². The molecule has 1 aliphatic rings. The van der Waals surface area contributed by atoms with E-state index in [1.54, 1.807) is 12.1 Å². The summed E-state index contributed by atoms with van der Waals surface area (Å²) in [5, 5.41) is 2.85. The molecule has 0 aliphatic carbocycles. The van der Waals surface area contributed by atoms with Crippen molar-refractivity contribution in [1.29, 1.82) is 0 Å². The molecule has 2 aromatic rings. The van der Waals surface area contributed by atoms with Gasteiger partial charge < -0.3 is 10.1 Å². The minimum Gasteiger partial charge on any atom is -0.491 e. The van der Waals surface area contributed by atoms with Crippen LogP contribution in [0.3, 0.4) is 0 Å². The molecule has 0 unspecified atom stereocenters. The maximum Gasteiger partial charge on any atom is 0.251 e. The molecule has 7 heteroatoms. The van der Waals surface area contributed by atoms with Crippen molar-refractivity contribution in [3.63, 3.8) is 0 Å². The van der Waals surface area contributed by atoms with E-state index < -0.39 is 10.0 Å². The highest BCUT2D eigenvalue weighted by molar-refractivity contribution is 7.89. The van der Waals surface area contributed by atoms with Gasteiger partial charge >= 0.3 is 0 Å². The van der Waals surface area contributed by atoms with Gasteiger partial charge in [0.25, 0.3) is 5.91 Å². The molecule has 1 atom stereocenters. The average molecular weight is 403 g/mol. The van der Waals surface area contributed by atoms with E-state index in [4.69, 9.17) is 4.74 Å². The first-order chi connectivity index (χ1) is 13.4. The van der Waals surface area contributed by atoms with Crippen LogP contribution in [0.25, 0.3) is 0 Å². The molecule has 1 heterocycles. The van der Waals surface area contributed by atoms with Crippen LogP contribution in [-0.4, -0.2) is 44.4 Å². The fourth-order valence-electron chi connectivity index (χ4n) is 3.08. The zero-order valence-electron chi connectivity index (χ0n) is 16.2. The maximum absolute atomic E-state index is 12.7. The molecule has 1 N–H and O–H groups in total. The third kappa shape index (κ3) is 4.91. The lowest BCUT2D eigenvalue weighted by molar-refractivity contribution is 0.0926. The normalized spacial score (nSPS) is 15.9. The van der Waals surface area contributed by atoms with Crippen LogP contribution in [0.2, 0.25) is 0 Å². The van der Waals surface area contributed by atoms with Crippen LogP contribution in [0.1, 0.15) is 35.7 Å². The van der Waals surface area contributed by atoms with Crippen LogP contribution in [0.15, 0.2) is 53.4 Å². The van der Waals surface area contributed by atoms with Crippen molar-refractivity contribution in [1.82, 2.24) is 9.62 Å². The first-order valence-electron chi connectivity index (χ1n) is 9.47. The van der Waals surface area contributed by atoms with Crippen LogP contribution >= 0.6 is 0 Å². The SMILES string of the molecule is Cc1ccc(OC[C@H](C)NC(=O)c2cccc(S(=O)(=O)N3CCCC3)c2)cc1. The second-order valence-corrected chi connectivity index (χ2v) is 9.08. The Morgan fingerprint density at radius 2 is 1.82 bits per heavy atom. The molecule has 28 heavy (non-hydrogen) atoms. The number of benzene rings is 2. The fraction of sp³-hybridized carbons (Fsp3) is 0.381. The van der Waals surface area contributed by atoms with Crippen molar-refractivity contribution in [2.75, 3.05) is 19.7 Å². The minimum absolute atomic E-state index is 0.158. The summed E-state index contributed by atoms with van der Waals surface area (Å²) >= 11 is 0. The summed E-state index contributed by atoms with van der Waals surface area (Å²) in [6, 6.07) is 13.7. The molecule has 150 valence electrons. The summed E-state index contributed by atoms with van der Waals surface area (Å²) in [6.45, 7) is 5.24. The lowest BCUT2D eigenvalue weighted by Crippen LogP contribution is -2.37. The van der Waals surface area contributed by atoms with Crippen molar-refractivity contribution in [2.24, 2.45) is 0 Å². The smallest absolute Gasteiger partial charge is 0.251 e. The van der Waals surface area contributed by atoms with Crippen molar-refractivity contribution in [2.45, 2.75) is 37.6 Å². The average Bonchev–Trinajstić information content (AvgIpc) is 3.23. The van der Waals surface area contributed by atoms with Gasteiger partial charge in [0.05, 0.1) is 10.9 Å². The van der Waals surface area contributed by atoms with Crippen LogP contribution < -0.4 is 10.1 Å². The highest BCUT2D eigenvalue weighted by atomic mass is 32.2. The number of amides is 1. The summed E-state index contributed by atoms with van der Waals surface area (Å²) in [4.78, 5) is 12.7. The van der Waals surface area contributed by atoms with E-state index in [9.17, 15) is 13.2 Å². The van der Waals surface area contributed by atoms with Gasteiger partial charge in [0.1, 0.15) is 12.4 Å². The largest absolute Gasteiger partial charge is 0.491 e. The lowest BCUT2D eigenvalue weighted by atomic mass is 10.2. The lowest BCUT2D eigenvalue weighted by Gasteiger charge is -2.17. The highest BCUT2D eigenvalue weighted by Crippen LogP contribution is 2.21. The fourth-order valence-corrected chi connectivity index (χ4v) is 4.64. The zero-order chi connectivity index (χ0) is 20.1. The summed E-state index contributed by atoms with van der Waals surface area (Å²) < 4.78 is 32.5. The molecule has 1 fully saturated rings. The van der Waals surface area contributed by atoms with E-state index in [2.05, 4.69) is 5.32 Å². The number of nitrogens with one attached hydrogen (secondary N) is 1. The Bertz CT molecular complexity index is 920. The van der Waals surface area contributed by atoms with E-state index in [-0.39, 0.29) is 16.8 Å². The third-order valence-corrected chi connectivity index (χ3v) is 6.59. The second kappa shape index (κ2) is 8.75. The number of hydrogen-bond acceptors (Lipinski definition) is 4. The Morgan fingerprint density at radius 3 is 2.50 bits per heavy atom. The molecule has 1 saturated heterocycles. The van der Waals surface area contributed by atoms with Crippen molar-refractivity contribution in [3.8, 4) is 5.75 Å². The van der Waals surface area contributed by atoms with Gasteiger partial charge in [-0.15, -0.1) is 0 Å². The molecule has 0 aromatic heterocycles. The standard InChI is InChI=1S/C21H26N2O4S/c1-16-8-10-19(11-9-16)27-15-17(2)22-21(24)18-6-5-7-20(14-18)28(25,26)23-12-3-4-13-23/h5-11,14,17H,3-4,12-13,15H2,1-2H3,(H,22,24)/t17-/m0/s1. The molecule has 0 bridgehead atoms. The first-order valence-corrected chi connectivity index (χ1v) is 10.9. The van der Waals surface area contributed by atoms with Crippen molar-refractivity contribution < 1.29 is 17.9 Å². The number of nitrogens with zero attached hydrogens (tertiary/aromatic N) is 1. The molecule has 6 nitrogen and oxygen atoms in total. The van der Waals surface area contributed by atoms with Gasteiger partial charge in [-0.2, -0.15) is 4.31 Å². The molecule has 0 radical (unpaired) electrons. The van der Waals surface area contributed by atoms with E-state index in [0.29, 0.717) is 25.3 Å². The summed E-state index contributed by atoms with van der Waals surface area (Å²) in [7, 11) is -3.54. The van der Waals surface area contributed by atoms with Gasteiger partial charge in [-0.1, -0.05) is 23.8 Å². The molecule has 3 rings (SSSR count).